The molecule has 1 aromatic heterocycles. The molecule has 0 saturated carbocycles. The van der Waals surface area contributed by atoms with Gasteiger partial charge in [-0.3, -0.25) is 21.2 Å². The molecule has 0 bridgehead atoms. The highest BCUT2D eigenvalue weighted by molar-refractivity contribution is 5.05. The summed E-state index contributed by atoms with van der Waals surface area (Å²) in [6.45, 7) is 6.24. The van der Waals surface area contributed by atoms with E-state index >= 15 is 0 Å². The van der Waals surface area contributed by atoms with Crippen molar-refractivity contribution in [1.29, 1.82) is 0 Å². The summed E-state index contributed by atoms with van der Waals surface area (Å²) >= 11 is 0. The van der Waals surface area contributed by atoms with Gasteiger partial charge in [-0.05, 0) is 19.3 Å². The van der Waals surface area contributed by atoms with Crippen molar-refractivity contribution in [1.82, 2.24) is 15.4 Å². The van der Waals surface area contributed by atoms with Crippen LogP contribution in [0.2, 0.25) is 0 Å². The summed E-state index contributed by atoms with van der Waals surface area (Å²) < 4.78 is 0. The van der Waals surface area contributed by atoms with E-state index < -0.39 is 0 Å². The molecular weight excluding hydrogens is 176 g/mol. The lowest BCUT2D eigenvalue weighted by Crippen LogP contribution is -2.29. The highest BCUT2D eigenvalue weighted by atomic mass is 15.2. The molecule has 0 amide bonds. The zero-order valence-corrected chi connectivity index (χ0v) is 8.99. The maximum atomic E-state index is 5.47. The highest BCUT2D eigenvalue weighted by Gasteiger charge is 2.12. The van der Waals surface area contributed by atoms with Gasteiger partial charge >= 0.3 is 0 Å². The Kier molecular flexibility index (Phi) is 3.98. The molecule has 1 unspecified atom stereocenters. The average molecular weight is 194 g/mol. The monoisotopic (exact) mass is 194 g/mol. The van der Waals surface area contributed by atoms with E-state index in [1.165, 1.54) is 0 Å². The van der Waals surface area contributed by atoms with Crippen LogP contribution in [0.4, 0.5) is 0 Å². The lowest BCUT2D eigenvalue weighted by molar-refractivity contribution is 0.429. The Morgan fingerprint density at radius 2 is 2.07 bits per heavy atom. The molecule has 78 valence electrons. The molecule has 0 saturated heterocycles. The zero-order valence-electron chi connectivity index (χ0n) is 8.99. The van der Waals surface area contributed by atoms with Crippen LogP contribution in [0.15, 0.2) is 12.4 Å². The van der Waals surface area contributed by atoms with Gasteiger partial charge < -0.3 is 0 Å². The van der Waals surface area contributed by atoms with Gasteiger partial charge in [0.2, 0.25) is 0 Å². The van der Waals surface area contributed by atoms with E-state index in [-0.39, 0.29) is 6.04 Å². The van der Waals surface area contributed by atoms with E-state index in [1.807, 2.05) is 6.92 Å². The molecule has 14 heavy (non-hydrogen) atoms. The van der Waals surface area contributed by atoms with Gasteiger partial charge in [-0.25, -0.2) is 0 Å². The normalized spacial score (nSPS) is 13.2. The topological polar surface area (TPSA) is 63.8 Å². The predicted octanol–water partition coefficient (Wildman–Crippen LogP) is 1.34. The van der Waals surface area contributed by atoms with Crippen LogP contribution in [0, 0.1) is 12.8 Å². The van der Waals surface area contributed by atoms with E-state index in [1.54, 1.807) is 12.4 Å². The van der Waals surface area contributed by atoms with Crippen LogP contribution in [0.25, 0.3) is 0 Å². The lowest BCUT2D eigenvalue weighted by atomic mass is 10.0. The standard InChI is InChI=1S/C10H18N4/c1-7(2)4-9(14-11)10-6-12-8(3)5-13-10/h5-7,9,14H,4,11H2,1-3H3. The molecule has 4 nitrogen and oxygen atoms in total. The van der Waals surface area contributed by atoms with Gasteiger partial charge in [0.25, 0.3) is 0 Å². The summed E-state index contributed by atoms with van der Waals surface area (Å²) in [6.07, 6.45) is 4.51. The summed E-state index contributed by atoms with van der Waals surface area (Å²) in [4.78, 5) is 8.49. The number of hydrogen-bond donors (Lipinski definition) is 2. The number of aromatic nitrogens is 2. The molecule has 0 spiro atoms. The van der Waals surface area contributed by atoms with Crippen LogP contribution in [0.3, 0.4) is 0 Å². The summed E-state index contributed by atoms with van der Waals surface area (Å²) in [5.41, 5.74) is 4.60. The zero-order chi connectivity index (χ0) is 10.6. The van der Waals surface area contributed by atoms with Gasteiger partial charge in [0, 0.05) is 6.20 Å². The second kappa shape index (κ2) is 5.02. The minimum Gasteiger partial charge on any atom is -0.271 e. The van der Waals surface area contributed by atoms with Crippen molar-refractivity contribution in [3.8, 4) is 0 Å². The van der Waals surface area contributed by atoms with Crippen molar-refractivity contribution >= 4 is 0 Å². The molecule has 3 N–H and O–H groups in total. The molecule has 1 rings (SSSR count). The molecule has 0 aromatic carbocycles. The predicted molar refractivity (Wildman–Crippen MR) is 56.3 cm³/mol. The van der Waals surface area contributed by atoms with Crippen molar-refractivity contribution in [3.05, 3.63) is 23.8 Å². The van der Waals surface area contributed by atoms with Gasteiger partial charge in [-0.2, -0.15) is 0 Å². The number of rotatable bonds is 4. The molecule has 1 atom stereocenters. The minimum atomic E-state index is 0.100. The molecule has 0 aliphatic rings. The summed E-state index contributed by atoms with van der Waals surface area (Å²) in [5.74, 6) is 6.06. The Morgan fingerprint density at radius 1 is 1.36 bits per heavy atom. The maximum Gasteiger partial charge on any atom is 0.0769 e. The van der Waals surface area contributed by atoms with Crippen LogP contribution in [0.1, 0.15) is 37.7 Å². The van der Waals surface area contributed by atoms with E-state index in [2.05, 4.69) is 29.2 Å². The van der Waals surface area contributed by atoms with Gasteiger partial charge in [-0.15, -0.1) is 0 Å². The first kappa shape index (κ1) is 11.1. The molecule has 0 aliphatic heterocycles. The quantitative estimate of drug-likeness (QED) is 0.560. The van der Waals surface area contributed by atoms with Crippen LogP contribution >= 0.6 is 0 Å². The molecule has 1 aromatic rings. The molecule has 4 heteroatoms. The first-order valence-corrected chi connectivity index (χ1v) is 4.88. The SMILES string of the molecule is Cc1cnc(C(CC(C)C)NN)cn1. The number of aryl methyl sites for hydroxylation is 1. The number of nitrogens with two attached hydrogens (primary N) is 1. The Bertz CT molecular complexity index is 268. The minimum absolute atomic E-state index is 0.100. The number of hydrazine groups is 1. The largest absolute Gasteiger partial charge is 0.271 e. The van der Waals surface area contributed by atoms with Crippen molar-refractivity contribution in [2.45, 2.75) is 33.2 Å². The Balaban J connectivity index is 2.73. The van der Waals surface area contributed by atoms with Crippen molar-refractivity contribution in [2.75, 3.05) is 0 Å². The molecule has 1 heterocycles. The van der Waals surface area contributed by atoms with E-state index in [4.69, 9.17) is 5.84 Å². The summed E-state index contributed by atoms with van der Waals surface area (Å²) in [5, 5.41) is 0. The van der Waals surface area contributed by atoms with Gasteiger partial charge in [-0.1, -0.05) is 13.8 Å². The number of hydrogen-bond acceptors (Lipinski definition) is 4. The third-order valence-electron chi connectivity index (χ3n) is 2.07. The second-order valence-electron chi connectivity index (χ2n) is 3.93. The maximum absolute atomic E-state index is 5.47. The molecule has 0 radical (unpaired) electrons. The first-order chi connectivity index (χ1) is 6.63. The van der Waals surface area contributed by atoms with Gasteiger partial charge in [0.1, 0.15) is 0 Å². The van der Waals surface area contributed by atoms with Crippen molar-refractivity contribution < 1.29 is 0 Å². The first-order valence-electron chi connectivity index (χ1n) is 4.88. The summed E-state index contributed by atoms with van der Waals surface area (Å²) in [7, 11) is 0. The van der Waals surface area contributed by atoms with Crippen LogP contribution in [-0.2, 0) is 0 Å². The highest BCUT2D eigenvalue weighted by Crippen LogP contribution is 2.17. The molecule has 0 fully saturated rings. The Labute approximate surface area is 84.9 Å². The molecular formula is C10H18N4. The van der Waals surface area contributed by atoms with Crippen molar-refractivity contribution in [3.63, 3.8) is 0 Å². The lowest BCUT2D eigenvalue weighted by Gasteiger charge is -2.16. The number of nitrogens with zero attached hydrogens (tertiary/aromatic N) is 2. The van der Waals surface area contributed by atoms with Gasteiger partial charge in [0.05, 0.1) is 23.6 Å². The fourth-order valence-corrected chi connectivity index (χ4v) is 1.33. The van der Waals surface area contributed by atoms with Crippen molar-refractivity contribution in [2.24, 2.45) is 11.8 Å². The Hall–Kier alpha value is -1.00. The fourth-order valence-electron chi connectivity index (χ4n) is 1.33. The van der Waals surface area contributed by atoms with Crippen LogP contribution in [0.5, 0.6) is 0 Å². The van der Waals surface area contributed by atoms with Crippen LogP contribution in [-0.4, -0.2) is 9.97 Å². The van der Waals surface area contributed by atoms with E-state index in [0.29, 0.717) is 5.92 Å². The van der Waals surface area contributed by atoms with E-state index in [9.17, 15) is 0 Å². The van der Waals surface area contributed by atoms with E-state index in [0.717, 1.165) is 17.8 Å². The summed E-state index contributed by atoms with van der Waals surface area (Å²) in [6, 6.07) is 0.100. The van der Waals surface area contributed by atoms with Gasteiger partial charge in [0.15, 0.2) is 0 Å². The smallest absolute Gasteiger partial charge is 0.0769 e. The molecule has 0 aliphatic carbocycles. The fraction of sp³-hybridized carbons (Fsp3) is 0.600. The Morgan fingerprint density at radius 3 is 2.50 bits per heavy atom. The third kappa shape index (κ3) is 3.05. The average Bonchev–Trinajstić information content (AvgIpc) is 2.15. The number of nitrogens with one attached hydrogen (secondary N) is 1. The third-order valence-corrected chi connectivity index (χ3v) is 2.07. The van der Waals surface area contributed by atoms with Crippen LogP contribution < -0.4 is 11.3 Å². The second-order valence-corrected chi connectivity index (χ2v) is 3.93.